The Labute approximate surface area is 154 Å². The number of hydrogen-bond acceptors (Lipinski definition) is 3. The second kappa shape index (κ2) is 8.09. The van der Waals surface area contributed by atoms with Gasteiger partial charge in [0.1, 0.15) is 5.75 Å². The van der Waals surface area contributed by atoms with Gasteiger partial charge < -0.3 is 14.0 Å². The lowest BCUT2D eigenvalue weighted by atomic mass is 10.1. The molecule has 0 radical (unpaired) electrons. The summed E-state index contributed by atoms with van der Waals surface area (Å²) in [7, 11) is 3.09. The van der Waals surface area contributed by atoms with Gasteiger partial charge in [0, 0.05) is 23.1 Å². The molecule has 0 aliphatic heterocycles. The molecule has 0 unspecified atom stereocenters. The summed E-state index contributed by atoms with van der Waals surface area (Å²) >= 11 is 0. The van der Waals surface area contributed by atoms with Crippen LogP contribution in [0.5, 0.6) is 5.75 Å². The molecule has 4 nitrogen and oxygen atoms in total. The van der Waals surface area contributed by atoms with Crippen LogP contribution in [0.1, 0.15) is 23.2 Å². The number of rotatable bonds is 7. The highest BCUT2D eigenvalue weighted by Crippen LogP contribution is 2.30. The first-order chi connectivity index (χ1) is 12.6. The summed E-state index contributed by atoms with van der Waals surface area (Å²) in [5.41, 5.74) is 4.62. The molecule has 0 amide bonds. The highest BCUT2D eigenvalue weighted by atomic mass is 16.5. The fourth-order valence-corrected chi connectivity index (χ4v) is 3.47. The number of esters is 1. The lowest BCUT2D eigenvalue weighted by Crippen LogP contribution is -2.07. The van der Waals surface area contributed by atoms with E-state index in [-0.39, 0.29) is 12.4 Å². The fraction of sp³-hybridized carbons (Fsp3) is 0.318. The van der Waals surface area contributed by atoms with Gasteiger partial charge in [-0.3, -0.25) is 4.79 Å². The zero-order valence-electron chi connectivity index (χ0n) is 15.6. The summed E-state index contributed by atoms with van der Waals surface area (Å²) < 4.78 is 12.6. The normalized spacial score (nSPS) is 10.9. The molecule has 1 aromatic heterocycles. The van der Waals surface area contributed by atoms with Crippen LogP contribution in [0.15, 0.2) is 48.5 Å². The Morgan fingerprint density at radius 3 is 2.54 bits per heavy atom. The first-order valence-electron chi connectivity index (χ1n) is 8.90. The summed E-state index contributed by atoms with van der Waals surface area (Å²) in [6.07, 6.45) is 2.35. The molecule has 136 valence electrons. The predicted molar refractivity (Wildman–Crippen MR) is 104 cm³/mol. The highest BCUT2D eigenvalue weighted by molar-refractivity contribution is 5.90. The molecule has 0 bridgehead atoms. The molecule has 0 saturated heterocycles. The van der Waals surface area contributed by atoms with Gasteiger partial charge in [-0.15, -0.1) is 0 Å². The van der Waals surface area contributed by atoms with Crippen LogP contribution in [0, 0.1) is 6.92 Å². The third-order valence-electron chi connectivity index (χ3n) is 4.90. The van der Waals surface area contributed by atoms with E-state index >= 15 is 0 Å². The van der Waals surface area contributed by atoms with Crippen molar-refractivity contribution in [2.75, 3.05) is 14.2 Å². The largest absolute Gasteiger partial charge is 0.497 e. The third kappa shape index (κ3) is 3.74. The van der Waals surface area contributed by atoms with E-state index in [9.17, 15) is 4.79 Å². The van der Waals surface area contributed by atoms with E-state index in [0.717, 1.165) is 47.3 Å². The van der Waals surface area contributed by atoms with Crippen LogP contribution in [0.4, 0.5) is 0 Å². The zero-order chi connectivity index (χ0) is 18.5. The monoisotopic (exact) mass is 351 g/mol. The van der Waals surface area contributed by atoms with Crippen LogP contribution in [0.2, 0.25) is 0 Å². The zero-order valence-corrected chi connectivity index (χ0v) is 15.6. The van der Waals surface area contributed by atoms with Crippen LogP contribution >= 0.6 is 0 Å². The summed E-state index contributed by atoms with van der Waals surface area (Å²) in [6.45, 7) is 2.98. The van der Waals surface area contributed by atoms with Gasteiger partial charge in [0.05, 0.1) is 20.6 Å². The molecule has 2 aromatic carbocycles. The number of aromatic nitrogens is 1. The van der Waals surface area contributed by atoms with Gasteiger partial charge in [0.15, 0.2) is 0 Å². The molecular formula is C22H25NO3. The molecule has 26 heavy (non-hydrogen) atoms. The predicted octanol–water partition coefficient (Wildman–Crippen LogP) is 4.31. The standard InChI is InChI=1S/C22H25NO3/c1-16-19(15-22(24)26-3)20-14-18(25-2)11-12-21(20)23(16)13-7-10-17-8-5-4-6-9-17/h4-6,8-9,11-12,14H,7,10,13,15H2,1-3H3. The Balaban J connectivity index is 1.91. The maximum absolute atomic E-state index is 11.9. The van der Waals surface area contributed by atoms with Crippen LogP contribution in [-0.4, -0.2) is 24.8 Å². The number of carbonyl (C=O) groups excluding carboxylic acids is 1. The van der Waals surface area contributed by atoms with E-state index in [2.05, 4.69) is 41.8 Å². The number of hydrogen-bond donors (Lipinski definition) is 0. The summed E-state index contributed by atoms with van der Waals surface area (Å²) in [6, 6.07) is 16.6. The van der Waals surface area contributed by atoms with E-state index in [1.54, 1.807) is 7.11 Å². The van der Waals surface area contributed by atoms with E-state index in [1.165, 1.54) is 12.7 Å². The topological polar surface area (TPSA) is 40.5 Å². The van der Waals surface area contributed by atoms with Crippen molar-refractivity contribution in [3.63, 3.8) is 0 Å². The van der Waals surface area contributed by atoms with Crippen molar-refractivity contribution in [3.8, 4) is 5.75 Å². The Morgan fingerprint density at radius 1 is 1.08 bits per heavy atom. The Kier molecular flexibility index (Phi) is 5.61. The van der Waals surface area contributed by atoms with E-state index in [0.29, 0.717) is 0 Å². The SMILES string of the molecule is COC(=O)Cc1c(C)n(CCCc2ccccc2)c2ccc(OC)cc12. The van der Waals surface area contributed by atoms with Gasteiger partial charge in [0.2, 0.25) is 0 Å². The second-order valence-corrected chi connectivity index (χ2v) is 6.44. The van der Waals surface area contributed by atoms with Gasteiger partial charge in [-0.1, -0.05) is 30.3 Å². The number of ether oxygens (including phenoxy) is 2. The van der Waals surface area contributed by atoms with Crippen molar-refractivity contribution < 1.29 is 14.3 Å². The van der Waals surface area contributed by atoms with Crippen molar-refractivity contribution in [1.82, 2.24) is 4.57 Å². The molecule has 0 N–H and O–H groups in total. The van der Waals surface area contributed by atoms with Crippen molar-refractivity contribution in [2.24, 2.45) is 0 Å². The highest BCUT2D eigenvalue weighted by Gasteiger charge is 2.17. The van der Waals surface area contributed by atoms with Crippen LogP contribution in [-0.2, 0) is 28.9 Å². The minimum absolute atomic E-state index is 0.223. The number of fused-ring (bicyclic) bond motifs is 1. The lowest BCUT2D eigenvalue weighted by Gasteiger charge is -2.09. The van der Waals surface area contributed by atoms with Gasteiger partial charge in [-0.25, -0.2) is 0 Å². The maximum Gasteiger partial charge on any atom is 0.310 e. The smallest absolute Gasteiger partial charge is 0.310 e. The van der Waals surface area contributed by atoms with Crippen molar-refractivity contribution in [1.29, 1.82) is 0 Å². The Morgan fingerprint density at radius 2 is 1.85 bits per heavy atom. The maximum atomic E-state index is 11.9. The average molecular weight is 351 g/mol. The van der Waals surface area contributed by atoms with Gasteiger partial charge >= 0.3 is 5.97 Å². The summed E-state index contributed by atoms with van der Waals surface area (Å²) in [5, 5.41) is 1.06. The van der Waals surface area contributed by atoms with Crippen molar-refractivity contribution in [3.05, 3.63) is 65.4 Å². The minimum atomic E-state index is -0.223. The number of methoxy groups -OCH3 is 2. The molecule has 1 heterocycles. The van der Waals surface area contributed by atoms with Gasteiger partial charge in [-0.05, 0) is 49.1 Å². The quantitative estimate of drug-likeness (QED) is 0.596. The molecule has 4 heteroatoms. The number of carbonyl (C=O) groups is 1. The number of nitrogens with zero attached hydrogens (tertiary/aromatic N) is 1. The summed E-state index contributed by atoms with van der Waals surface area (Å²) in [4.78, 5) is 11.9. The van der Waals surface area contributed by atoms with Crippen LogP contribution in [0.3, 0.4) is 0 Å². The molecule has 0 spiro atoms. The fourth-order valence-electron chi connectivity index (χ4n) is 3.47. The van der Waals surface area contributed by atoms with E-state index < -0.39 is 0 Å². The molecule has 0 fully saturated rings. The Bertz CT molecular complexity index is 897. The molecular weight excluding hydrogens is 326 g/mol. The first-order valence-corrected chi connectivity index (χ1v) is 8.90. The van der Waals surface area contributed by atoms with E-state index in [1.807, 2.05) is 18.2 Å². The molecule has 3 aromatic rings. The molecule has 0 aliphatic rings. The lowest BCUT2D eigenvalue weighted by molar-refractivity contribution is -0.139. The second-order valence-electron chi connectivity index (χ2n) is 6.44. The van der Waals surface area contributed by atoms with Gasteiger partial charge in [-0.2, -0.15) is 0 Å². The average Bonchev–Trinajstić information content (AvgIpc) is 2.93. The number of aryl methyl sites for hydroxylation is 2. The third-order valence-corrected chi connectivity index (χ3v) is 4.90. The van der Waals surface area contributed by atoms with E-state index in [4.69, 9.17) is 9.47 Å². The van der Waals surface area contributed by atoms with Gasteiger partial charge in [0.25, 0.3) is 0 Å². The van der Waals surface area contributed by atoms with Crippen LogP contribution in [0.25, 0.3) is 10.9 Å². The molecule has 0 aliphatic carbocycles. The molecule has 3 rings (SSSR count). The first kappa shape index (κ1) is 18.1. The van der Waals surface area contributed by atoms with Crippen molar-refractivity contribution >= 4 is 16.9 Å². The molecule has 0 atom stereocenters. The molecule has 0 saturated carbocycles. The minimum Gasteiger partial charge on any atom is -0.497 e. The number of benzene rings is 2. The Hall–Kier alpha value is -2.75. The van der Waals surface area contributed by atoms with Crippen molar-refractivity contribution in [2.45, 2.75) is 32.7 Å². The summed E-state index contributed by atoms with van der Waals surface area (Å²) in [5.74, 6) is 0.573. The van der Waals surface area contributed by atoms with Crippen LogP contribution < -0.4 is 4.74 Å².